The second kappa shape index (κ2) is 5.16. The van der Waals surface area contributed by atoms with Gasteiger partial charge in [0.15, 0.2) is 5.78 Å². The molecule has 0 fully saturated rings. The van der Waals surface area contributed by atoms with E-state index < -0.39 is 22.2 Å². The van der Waals surface area contributed by atoms with Gasteiger partial charge in [0.25, 0.3) is 0 Å². The average molecular weight is 280 g/mol. The number of carbonyl (C=O) groups is 1. The summed E-state index contributed by atoms with van der Waals surface area (Å²) in [4.78, 5) is 21.8. The highest BCUT2D eigenvalue weighted by Crippen LogP contribution is 2.21. The van der Waals surface area contributed by atoms with E-state index in [-0.39, 0.29) is 5.56 Å². The number of ketones is 1. The summed E-state index contributed by atoms with van der Waals surface area (Å²) in [7, 11) is 0. The highest BCUT2D eigenvalue weighted by molar-refractivity contribution is 6.30. The summed E-state index contributed by atoms with van der Waals surface area (Å²) in [6, 6.07) is 9.10. The molecule has 0 heterocycles. The molecule has 2 aromatic carbocycles. The van der Waals surface area contributed by atoms with Crippen LogP contribution in [0, 0.1) is 15.9 Å². The van der Waals surface area contributed by atoms with Crippen LogP contribution in [0.5, 0.6) is 0 Å². The molecule has 0 N–H and O–H groups in total. The first-order valence-electron chi connectivity index (χ1n) is 5.23. The fourth-order valence-corrected chi connectivity index (χ4v) is 1.69. The molecule has 0 aliphatic carbocycles. The van der Waals surface area contributed by atoms with Crippen molar-refractivity contribution < 1.29 is 14.1 Å². The van der Waals surface area contributed by atoms with Crippen molar-refractivity contribution in [1.29, 1.82) is 0 Å². The summed E-state index contributed by atoms with van der Waals surface area (Å²) >= 11 is 5.70. The number of hydrogen-bond donors (Lipinski definition) is 0. The number of halogens is 2. The van der Waals surface area contributed by atoms with Crippen molar-refractivity contribution in [3.63, 3.8) is 0 Å². The normalized spacial score (nSPS) is 10.2. The van der Waals surface area contributed by atoms with E-state index in [1.165, 1.54) is 30.3 Å². The second-order valence-electron chi connectivity index (χ2n) is 3.76. The SMILES string of the molecule is O=C(c1ccc(Cl)cc1)c1ccc(F)c([N+](=O)[O-])c1. The van der Waals surface area contributed by atoms with Gasteiger partial charge in [-0.3, -0.25) is 14.9 Å². The molecule has 0 bridgehead atoms. The van der Waals surface area contributed by atoms with Gasteiger partial charge < -0.3 is 0 Å². The molecule has 4 nitrogen and oxygen atoms in total. The zero-order valence-corrected chi connectivity index (χ0v) is 10.2. The molecule has 0 amide bonds. The highest BCUT2D eigenvalue weighted by Gasteiger charge is 2.18. The van der Waals surface area contributed by atoms with Crippen LogP contribution in [0.3, 0.4) is 0 Å². The molecule has 19 heavy (non-hydrogen) atoms. The van der Waals surface area contributed by atoms with Gasteiger partial charge in [0.05, 0.1) is 4.92 Å². The number of hydrogen-bond acceptors (Lipinski definition) is 3. The Bertz CT molecular complexity index is 655. The zero-order valence-electron chi connectivity index (χ0n) is 9.47. The van der Waals surface area contributed by atoms with Gasteiger partial charge in [-0.2, -0.15) is 4.39 Å². The summed E-state index contributed by atoms with van der Waals surface area (Å²) in [6.45, 7) is 0. The Hall–Kier alpha value is -2.27. The summed E-state index contributed by atoms with van der Waals surface area (Å²) in [6.07, 6.45) is 0. The first-order chi connectivity index (χ1) is 8.99. The zero-order chi connectivity index (χ0) is 14.0. The van der Waals surface area contributed by atoms with Crippen molar-refractivity contribution in [3.8, 4) is 0 Å². The van der Waals surface area contributed by atoms with Crippen molar-refractivity contribution >= 4 is 23.1 Å². The van der Waals surface area contributed by atoms with Gasteiger partial charge in [0, 0.05) is 22.2 Å². The molecule has 0 saturated heterocycles. The van der Waals surface area contributed by atoms with Crippen LogP contribution in [-0.2, 0) is 0 Å². The fourth-order valence-electron chi connectivity index (χ4n) is 1.56. The van der Waals surface area contributed by atoms with Crippen LogP contribution in [0.4, 0.5) is 10.1 Å². The predicted octanol–water partition coefficient (Wildman–Crippen LogP) is 3.62. The number of nitro benzene ring substituents is 1. The molecular weight excluding hydrogens is 273 g/mol. The number of carbonyl (C=O) groups excluding carboxylic acids is 1. The Morgan fingerprint density at radius 2 is 1.68 bits per heavy atom. The Kier molecular flexibility index (Phi) is 3.57. The first-order valence-corrected chi connectivity index (χ1v) is 5.61. The van der Waals surface area contributed by atoms with E-state index in [2.05, 4.69) is 0 Å². The van der Waals surface area contributed by atoms with Crippen LogP contribution in [0.2, 0.25) is 5.02 Å². The summed E-state index contributed by atoms with van der Waals surface area (Å²) in [5.74, 6) is -1.41. The number of nitro groups is 1. The molecule has 0 unspecified atom stereocenters. The number of rotatable bonds is 3. The van der Waals surface area contributed by atoms with E-state index >= 15 is 0 Å². The third kappa shape index (κ3) is 2.77. The number of benzene rings is 2. The summed E-state index contributed by atoms with van der Waals surface area (Å²) in [5, 5.41) is 11.1. The van der Waals surface area contributed by atoms with Gasteiger partial charge in [-0.25, -0.2) is 0 Å². The largest absolute Gasteiger partial charge is 0.305 e. The minimum atomic E-state index is -0.974. The van der Waals surface area contributed by atoms with E-state index in [0.29, 0.717) is 10.6 Å². The maximum Gasteiger partial charge on any atom is 0.305 e. The number of nitrogens with zero attached hydrogens (tertiary/aromatic N) is 1. The van der Waals surface area contributed by atoms with E-state index in [1.807, 2.05) is 0 Å². The molecule has 2 aromatic rings. The van der Waals surface area contributed by atoms with Gasteiger partial charge in [0.2, 0.25) is 5.82 Å². The lowest BCUT2D eigenvalue weighted by molar-refractivity contribution is -0.387. The van der Waals surface area contributed by atoms with Crippen molar-refractivity contribution in [1.82, 2.24) is 0 Å². The smallest absolute Gasteiger partial charge is 0.289 e. The topological polar surface area (TPSA) is 60.2 Å². The second-order valence-corrected chi connectivity index (χ2v) is 4.20. The Labute approximate surface area is 112 Å². The van der Waals surface area contributed by atoms with Crippen molar-refractivity contribution in [3.05, 3.63) is 74.5 Å². The standard InChI is InChI=1S/C13H7ClFNO3/c14-10-4-1-8(2-5-10)13(17)9-3-6-11(15)12(7-9)16(18)19/h1-7H. The molecule has 0 aliphatic heterocycles. The van der Waals surface area contributed by atoms with Gasteiger partial charge in [-0.05, 0) is 36.4 Å². The maximum absolute atomic E-state index is 13.2. The van der Waals surface area contributed by atoms with E-state index in [4.69, 9.17) is 11.6 Å². The molecule has 0 aromatic heterocycles. The summed E-state index contributed by atoms with van der Waals surface area (Å²) < 4.78 is 13.2. The molecule has 96 valence electrons. The van der Waals surface area contributed by atoms with Crippen molar-refractivity contribution in [2.24, 2.45) is 0 Å². The molecule has 0 atom stereocenters. The Balaban J connectivity index is 2.42. The molecular formula is C13H7ClFNO3. The quantitative estimate of drug-likeness (QED) is 0.490. The van der Waals surface area contributed by atoms with Gasteiger partial charge >= 0.3 is 5.69 Å². The fraction of sp³-hybridized carbons (Fsp3) is 0. The molecule has 0 radical (unpaired) electrons. The van der Waals surface area contributed by atoms with E-state index in [1.54, 1.807) is 0 Å². The van der Waals surface area contributed by atoms with Gasteiger partial charge in [-0.1, -0.05) is 11.6 Å². The van der Waals surface area contributed by atoms with Crippen LogP contribution in [0.1, 0.15) is 15.9 Å². The van der Waals surface area contributed by atoms with Crippen molar-refractivity contribution in [2.75, 3.05) is 0 Å². The lowest BCUT2D eigenvalue weighted by atomic mass is 10.0. The average Bonchev–Trinajstić information content (AvgIpc) is 2.39. The molecule has 0 spiro atoms. The van der Waals surface area contributed by atoms with E-state index in [0.717, 1.165) is 12.1 Å². The first kappa shape index (κ1) is 13.2. The Morgan fingerprint density at radius 3 is 2.26 bits per heavy atom. The lowest BCUT2D eigenvalue weighted by Gasteiger charge is -2.02. The van der Waals surface area contributed by atoms with Crippen LogP contribution < -0.4 is 0 Å². The third-order valence-electron chi connectivity index (χ3n) is 2.51. The Morgan fingerprint density at radius 1 is 1.11 bits per heavy atom. The van der Waals surface area contributed by atoms with Crippen molar-refractivity contribution in [2.45, 2.75) is 0 Å². The molecule has 2 rings (SSSR count). The summed E-state index contributed by atoms with van der Waals surface area (Å²) in [5.41, 5.74) is -0.347. The minimum absolute atomic E-state index is 0.0513. The van der Waals surface area contributed by atoms with Crippen LogP contribution in [-0.4, -0.2) is 10.7 Å². The lowest BCUT2D eigenvalue weighted by Crippen LogP contribution is -2.03. The minimum Gasteiger partial charge on any atom is -0.289 e. The van der Waals surface area contributed by atoms with Crippen LogP contribution in [0.15, 0.2) is 42.5 Å². The maximum atomic E-state index is 13.2. The van der Waals surface area contributed by atoms with Gasteiger partial charge in [0.1, 0.15) is 0 Å². The molecule has 0 saturated carbocycles. The molecule has 0 aliphatic rings. The van der Waals surface area contributed by atoms with Crippen LogP contribution in [0.25, 0.3) is 0 Å². The van der Waals surface area contributed by atoms with Gasteiger partial charge in [-0.15, -0.1) is 0 Å². The predicted molar refractivity (Wildman–Crippen MR) is 67.9 cm³/mol. The third-order valence-corrected chi connectivity index (χ3v) is 2.76. The van der Waals surface area contributed by atoms with Crippen LogP contribution >= 0.6 is 11.6 Å². The van der Waals surface area contributed by atoms with E-state index in [9.17, 15) is 19.3 Å². The highest BCUT2D eigenvalue weighted by atomic mass is 35.5. The monoisotopic (exact) mass is 279 g/mol. The molecule has 6 heteroatoms.